The Bertz CT molecular complexity index is 451. The quantitative estimate of drug-likeness (QED) is 0.732. The van der Waals surface area contributed by atoms with Crippen molar-refractivity contribution in [3.63, 3.8) is 0 Å². The normalized spacial score (nSPS) is 12.0. The lowest BCUT2D eigenvalue weighted by Gasteiger charge is -2.12. The van der Waals surface area contributed by atoms with Crippen molar-refractivity contribution >= 4 is 6.29 Å². The molecule has 0 aliphatic heterocycles. The van der Waals surface area contributed by atoms with Crippen molar-refractivity contribution in [2.24, 2.45) is 0 Å². The van der Waals surface area contributed by atoms with Crippen LogP contribution in [0.15, 0.2) is 60.7 Å². The van der Waals surface area contributed by atoms with Gasteiger partial charge in [-0.25, -0.2) is 0 Å². The Morgan fingerprint density at radius 3 is 2.12 bits per heavy atom. The molecule has 1 atom stereocenters. The molecule has 0 radical (unpaired) electrons. The number of carbonyl (C=O) groups is 1. The number of hydrogen-bond acceptors (Lipinski definition) is 2. The van der Waals surface area contributed by atoms with Gasteiger partial charge in [-0.2, -0.15) is 0 Å². The summed E-state index contributed by atoms with van der Waals surface area (Å²) in [5.74, 6) is 0. The maximum Gasteiger partial charge on any atom is 0.153 e. The van der Waals surface area contributed by atoms with Gasteiger partial charge in [0, 0.05) is 0 Å². The summed E-state index contributed by atoms with van der Waals surface area (Å²) in [7, 11) is 0. The van der Waals surface area contributed by atoms with E-state index in [-0.39, 0.29) is 0 Å². The number of hydrogen-bond donors (Lipinski definition) is 0. The van der Waals surface area contributed by atoms with Crippen molar-refractivity contribution in [1.82, 2.24) is 0 Å². The second-order valence-corrected chi connectivity index (χ2v) is 3.76. The van der Waals surface area contributed by atoms with Crippen molar-refractivity contribution in [2.45, 2.75) is 12.7 Å². The van der Waals surface area contributed by atoms with Gasteiger partial charge in [-0.3, -0.25) is 0 Å². The molecule has 2 heteroatoms. The maximum atomic E-state index is 11.0. The van der Waals surface area contributed by atoms with E-state index in [4.69, 9.17) is 4.74 Å². The molecule has 2 aromatic carbocycles. The first-order valence-corrected chi connectivity index (χ1v) is 5.56. The molecule has 0 heterocycles. The first-order chi connectivity index (χ1) is 8.40. The Balaban J connectivity index is 2.00. The van der Waals surface area contributed by atoms with Crippen LogP contribution in [-0.4, -0.2) is 6.29 Å². The first kappa shape index (κ1) is 11.6. The highest BCUT2D eigenvalue weighted by Crippen LogP contribution is 2.16. The minimum absolute atomic E-state index is 0.444. The summed E-state index contributed by atoms with van der Waals surface area (Å²) in [6.45, 7) is 0.444. The van der Waals surface area contributed by atoms with Gasteiger partial charge in [-0.05, 0) is 11.1 Å². The van der Waals surface area contributed by atoms with E-state index in [1.807, 2.05) is 60.7 Å². The van der Waals surface area contributed by atoms with E-state index in [9.17, 15) is 4.79 Å². The zero-order valence-electron chi connectivity index (χ0n) is 9.45. The minimum atomic E-state index is -0.489. The van der Waals surface area contributed by atoms with Crippen LogP contribution in [0.1, 0.15) is 17.2 Å². The monoisotopic (exact) mass is 226 g/mol. The van der Waals surface area contributed by atoms with Gasteiger partial charge >= 0.3 is 0 Å². The molecular formula is C15H14O2. The van der Waals surface area contributed by atoms with Gasteiger partial charge < -0.3 is 9.53 Å². The number of rotatable bonds is 5. The van der Waals surface area contributed by atoms with Gasteiger partial charge in [0.2, 0.25) is 0 Å². The van der Waals surface area contributed by atoms with Crippen LogP contribution in [-0.2, 0) is 16.1 Å². The molecule has 0 aromatic heterocycles. The lowest BCUT2D eigenvalue weighted by atomic mass is 10.1. The van der Waals surface area contributed by atoms with Crippen molar-refractivity contribution < 1.29 is 9.53 Å². The second kappa shape index (κ2) is 5.97. The van der Waals surface area contributed by atoms with E-state index in [2.05, 4.69) is 0 Å². The first-order valence-electron chi connectivity index (χ1n) is 5.56. The van der Waals surface area contributed by atoms with Crippen LogP contribution in [0.2, 0.25) is 0 Å². The molecule has 0 saturated heterocycles. The third-order valence-corrected chi connectivity index (χ3v) is 2.52. The van der Waals surface area contributed by atoms with Gasteiger partial charge in [0.05, 0.1) is 6.61 Å². The summed E-state index contributed by atoms with van der Waals surface area (Å²) in [5, 5.41) is 0. The van der Waals surface area contributed by atoms with Crippen LogP contribution in [0.5, 0.6) is 0 Å². The summed E-state index contributed by atoms with van der Waals surface area (Å²) in [4.78, 5) is 11.0. The van der Waals surface area contributed by atoms with Crippen molar-refractivity contribution in [2.75, 3.05) is 0 Å². The summed E-state index contributed by atoms with van der Waals surface area (Å²) in [6.07, 6.45) is 0.342. The average Bonchev–Trinajstić information content (AvgIpc) is 2.42. The molecule has 17 heavy (non-hydrogen) atoms. The van der Waals surface area contributed by atoms with E-state index in [0.717, 1.165) is 17.4 Å². The fraction of sp³-hybridized carbons (Fsp3) is 0.133. The Hall–Kier alpha value is -1.93. The Morgan fingerprint density at radius 1 is 0.941 bits per heavy atom. The molecule has 0 amide bonds. The van der Waals surface area contributed by atoms with Crippen molar-refractivity contribution in [3.05, 3.63) is 71.8 Å². The van der Waals surface area contributed by atoms with E-state index in [1.54, 1.807) is 0 Å². The summed E-state index contributed by atoms with van der Waals surface area (Å²) in [6, 6.07) is 19.3. The molecule has 0 N–H and O–H groups in total. The standard InChI is InChI=1S/C15H14O2/c16-11-15(14-9-5-2-6-10-14)17-12-13-7-3-1-4-8-13/h1-11,15H,12H2/t15-/m1/s1. The number of benzene rings is 2. The minimum Gasteiger partial charge on any atom is -0.361 e. The molecule has 0 fully saturated rings. The molecule has 2 nitrogen and oxygen atoms in total. The van der Waals surface area contributed by atoms with Crippen LogP contribution in [0, 0.1) is 0 Å². The van der Waals surface area contributed by atoms with Crippen LogP contribution in [0.3, 0.4) is 0 Å². The van der Waals surface area contributed by atoms with E-state index < -0.39 is 6.10 Å². The van der Waals surface area contributed by atoms with E-state index in [1.165, 1.54) is 0 Å². The zero-order valence-corrected chi connectivity index (χ0v) is 9.45. The fourth-order valence-electron chi connectivity index (χ4n) is 1.62. The Labute approximate surface area is 101 Å². The summed E-state index contributed by atoms with van der Waals surface area (Å²) < 4.78 is 5.60. The summed E-state index contributed by atoms with van der Waals surface area (Å²) in [5.41, 5.74) is 1.95. The van der Waals surface area contributed by atoms with Crippen LogP contribution in [0.4, 0.5) is 0 Å². The van der Waals surface area contributed by atoms with Crippen LogP contribution < -0.4 is 0 Å². The molecule has 2 rings (SSSR count). The van der Waals surface area contributed by atoms with Gasteiger partial charge in [0.25, 0.3) is 0 Å². The third-order valence-electron chi connectivity index (χ3n) is 2.52. The van der Waals surface area contributed by atoms with Crippen molar-refractivity contribution in [3.8, 4) is 0 Å². The van der Waals surface area contributed by atoms with Gasteiger partial charge in [0.1, 0.15) is 6.10 Å². The van der Waals surface area contributed by atoms with Gasteiger partial charge in [-0.1, -0.05) is 60.7 Å². The summed E-state index contributed by atoms with van der Waals surface area (Å²) >= 11 is 0. The predicted molar refractivity (Wildman–Crippen MR) is 66.5 cm³/mol. The van der Waals surface area contributed by atoms with Crippen molar-refractivity contribution in [1.29, 1.82) is 0 Å². The SMILES string of the molecule is O=C[C@@H](OCc1ccccc1)c1ccccc1. The lowest BCUT2D eigenvalue weighted by Crippen LogP contribution is -2.05. The highest BCUT2D eigenvalue weighted by molar-refractivity contribution is 5.59. The van der Waals surface area contributed by atoms with Gasteiger partial charge in [-0.15, -0.1) is 0 Å². The van der Waals surface area contributed by atoms with E-state index >= 15 is 0 Å². The Morgan fingerprint density at radius 2 is 1.53 bits per heavy atom. The molecule has 0 bridgehead atoms. The molecule has 0 aliphatic carbocycles. The maximum absolute atomic E-state index is 11.0. The molecule has 2 aromatic rings. The molecule has 0 spiro atoms. The Kier molecular flexibility index (Phi) is 4.05. The van der Waals surface area contributed by atoms with E-state index in [0.29, 0.717) is 6.61 Å². The smallest absolute Gasteiger partial charge is 0.153 e. The molecule has 0 saturated carbocycles. The zero-order chi connectivity index (χ0) is 11.9. The highest BCUT2D eigenvalue weighted by atomic mass is 16.5. The number of carbonyl (C=O) groups excluding carboxylic acids is 1. The second-order valence-electron chi connectivity index (χ2n) is 3.76. The largest absolute Gasteiger partial charge is 0.361 e. The third kappa shape index (κ3) is 3.26. The number of ether oxygens (including phenoxy) is 1. The van der Waals surface area contributed by atoms with Crippen LogP contribution >= 0.6 is 0 Å². The molecular weight excluding hydrogens is 212 g/mol. The molecule has 0 unspecified atom stereocenters. The topological polar surface area (TPSA) is 26.3 Å². The molecule has 0 aliphatic rings. The van der Waals surface area contributed by atoms with Gasteiger partial charge in [0.15, 0.2) is 6.29 Å². The number of aldehydes is 1. The lowest BCUT2D eigenvalue weighted by molar-refractivity contribution is -0.119. The average molecular weight is 226 g/mol. The predicted octanol–water partition coefficient (Wildman–Crippen LogP) is 3.14. The molecule has 86 valence electrons. The highest BCUT2D eigenvalue weighted by Gasteiger charge is 2.09. The van der Waals surface area contributed by atoms with Crippen LogP contribution in [0.25, 0.3) is 0 Å². The fourth-order valence-corrected chi connectivity index (χ4v) is 1.62.